The number of nitrogens with one attached hydrogen (secondary N) is 1. The number of anilines is 1. The number of aliphatic hydroxyl groups excluding tert-OH is 1. The molecule has 2 N–H and O–H groups in total. The summed E-state index contributed by atoms with van der Waals surface area (Å²) < 4.78 is 16.6. The van der Waals surface area contributed by atoms with Crippen molar-refractivity contribution in [3.63, 3.8) is 0 Å². The van der Waals surface area contributed by atoms with Crippen LogP contribution in [0.4, 0.5) is 5.69 Å². The minimum Gasteiger partial charge on any atom is -0.464 e. The van der Waals surface area contributed by atoms with Crippen LogP contribution < -0.4 is 15.8 Å². The molecule has 0 radical (unpaired) electrons. The van der Waals surface area contributed by atoms with E-state index < -0.39 is 23.1 Å². The van der Waals surface area contributed by atoms with Gasteiger partial charge in [0.05, 0.1) is 13.2 Å². The number of ether oxygens (including phenoxy) is 2. The average molecular weight is 537 g/mol. The molecule has 0 fully saturated rings. The first-order valence-corrected chi connectivity index (χ1v) is 13.1. The van der Waals surface area contributed by atoms with Gasteiger partial charge in [0.2, 0.25) is 0 Å². The van der Waals surface area contributed by atoms with Gasteiger partial charge in [0.1, 0.15) is 11.1 Å². The summed E-state index contributed by atoms with van der Waals surface area (Å²) in [5, 5.41) is 12.9. The van der Waals surface area contributed by atoms with Gasteiger partial charge >= 0.3 is 11.6 Å². The second kappa shape index (κ2) is 14.3. The molecule has 0 saturated carbocycles. The number of hydrogen-bond donors (Lipinski definition) is 2. The number of benzene rings is 2. The molecule has 3 aromatic rings. The first-order chi connectivity index (χ1) is 18.9. The normalized spacial score (nSPS) is 12.8. The maximum absolute atomic E-state index is 12.8. The second-order valence-corrected chi connectivity index (χ2v) is 8.77. The van der Waals surface area contributed by atoms with Crippen molar-refractivity contribution < 1.29 is 28.6 Å². The molecule has 0 bridgehead atoms. The van der Waals surface area contributed by atoms with E-state index in [1.54, 1.807) is 25.1 Å². The summed E-state index contributed by atoms with van der Waals surface area (Å²) in [7, 11) is 0. The molecule has 39 heavy (non-hydrogen) atoms. The summed E-state index contributed by atoms with van der Waals surface area (Å²) in [5.74, 6) is -1.26. The molecule has 1 unspecified atom stereocenters. The van der Waals surface area contributed by atoms with Crippen molar-refractivity contribution in [1.29, 1.82) is 0 Å². The van der Waals surface area contributed by atoms with E-state index in [-0.39, 0.29) is 38.3 Å². The number of carbonyl (C=O) groups excluding carboxylic acids is 2. The zero-order chi connectivity index (χ0) is 28.3. The van der Waals surface area contributed by atoms with Gasteiger partial charge in [-0.1, -0.05) is 36.4 Å². The summed E-state index contributed by atoms with van der Waals surface area (Å²) in [6.45, 7) is 7.14. The molecule has 208 valence electrons. The molecule has 0 aliphatic heterocycles. The summed E-state index contributed by atoms with van der Waals surface area (Å²) in [6, 6.07) is 16.4. The van der Waals surface area contributed by atoms with Crippen molar-refractivity contribution in [3.05, 3.63) is 82.2 Å². The van der Waals surface area contributed by atoms with E-state index in [9.17, 15) is 19.5 Å². The Hall–Kier alpha value is -3.95. The van der Waals surface area contributed by atoms with Crippen LogP contribution in [0.3, 0.4) is 0 Å². The largest absolute Gasteiger partial charge is 0.464 e. The quantitative estimate of drug-likeness (QED) is 0.182. The lowest BCUT2D eigenvalue weighted by atomic mass is 9.98. The van der Waals surface area contributed by atoms with Gasteiger partial charge in [0, 0.05) is 49.8 Å². The van der Waals surface area contributed by atoms with Crippen LogP contribution in [0.15, 0.2) is 69.9 Å². The maximum atomic E-state index is 12.8. The fourth-order valence-corrected chi connectivity index (χ4v) is 4.18. The third kappa shape index (κ3) is 7.55. The average Bonchev–Trinajstić information content (AvgIpc) is 2.94. The maximum Gasteiger partial charge on any atom is 0.349 e. The molecule has 0 spiro atoms. The molecule has 9 heteroatoms. The van der Waals surface area contributed by atoms with Gasteiger partial charge in [-0.05, 0) is 50.6 Å². The van der Waals surface area contributed by atoms with Gasteiger partial charge in [0.25, 0.3) is 5.91 Å². The summed E-state index contributed by atoms with van der Waals surface area (Å²) in [4.78, 5) is 40.3. The predicted octanol–water partition coefficient (Wildman–Crippen LogP) is 3.78. The van der Waals surface area contributed by atoms with Crippen LogP contribution in [0.5, 0.6) is 0 Å². The van der Waals surface area contributed by atoms with Gasteiger partial charge in [-0.2, -0.15) is 0 Å². The highest BCUT2D eigenvalue weighted by molar-refractivity contribution is 5.97. The Bertz CT molecular complexity index is 1330. The first-order valence-electron chi connectivity index (χ1n) is 13.1. The summed E-state index contributed by atoms with van der Waals surface area (Å²) >= 11 is 0. The number of hydrogen-bond acceptors (Lipinski definition) is 8. The highest BCUT2D eigenvalue weighted by Gasteiger charge is 2.38. The topological polar surface area (TPSA) is 118 Å². The molecule has 0 saturated heterocycles. The van der Waals surface area contributed by atoms with E-state index in [1.807, 2.05) is 56.3 Å². The van der Waals surface area contributed by atoms with Crippen molar-refractivity contribution in [2.24, 2.45) is 0 Å². The Kier molecular flexibility index (Phi) is 10.8. The van der Waals surface area contributed by atoms with E-state index >= 15 is 0 Å². The number of carbonyl (C=O) groups is 2. The summed E-state index contributed by atoms with van der Waals surface area (Å²) in [6.07, 6.45) is 3.24. The summed E-state index contributed by atoms with van der Waals surface area (Å²) in [5.41, 5.74) is -0.250. The lowest BCUT2D eigenvalue weighted by Gasteiger charge is -2.28. The van der Waals surface area contributed by atoms with Crippen molar-refractivity contribution in [2.45, 2.75) is 32.8 Å². The number of amides is 1. The number of esters is 1. The van der Waals surface area contributed by atoms with Crippen molar-refractivity contribution in [2.75, 3.05) is 44.4 Å². The zero-order valence-corrected chi connectivity index (χ0v) is 22.6. The molecular weight excluding hydrogens is 500 g/mol. The second-order valence-electron chi connectivity index (χ2n) is 8.77. The molecular formula is C30H36N2O7. The van der Waals surface area contributed by atoms with Crippen LogP contribution in [-0.2, 0) is 14.3 Å². The number of aliphatic hydroxyl groups is 1. The van der Waals surface area contributed by atoms with E-state index in [0.29, 0.717) is 11.0 Å². The Morgan fingerprint density at radius 2 is 1.82 bits per heavy atom. The third-order valence-corrected chi connectivity index (χ3v) is 6.29. The van der Waals surface area contributed by atoms with Crippen LogP contribution in [0, 0.1) is 0 Å². The molecule has 1 heterocycles. The molecule has 0 aliphatic rings. The van der Waals surface area contributed by atoms with E-state index in [2.05, 4.69) is 10.2 Å². The lowest BCUT2D eigenvalue weighted by molar-refractivity contribution is -0.167. The van der Waals surface area contributed by atoms with Gasteiger partial charge < -0.3 is 29.2 Å². The molecule has 2 aromatic carbocycles. The predicted molar refractivity (Wildman–Crippen MR) is 151 cm³/mol. The fraction of sp³-hybridized carbons (Fsp3) is 0.367. The van der Waals surface area contributed by atoms with Gasteiger partial charge in [-0.3, -0.25) is 4.79 Å². The monoisotopic (exact) mass is 536 g/mol. The number of rotatable bonds is 14. The van der Waals surface area contributed by atoms with Crippen molar-refractivity contribution in [3.8, 4) is 0 Å². The Morgan fingerprint density at radius 1 is 1.08 bits per heavy atom. The van der Waals surface area contributed by atoms with Crippen LogP contribution in [0.2, 0.25) is 0 Å². The van der Waals surface area contributed by atoms with E-state index in [0.717, 1.165) is 24.3 Å². The van der Waals surface area contributed by atoms with Gasteiger partial charge in [-0.15, -0.1) is 0 Å². The fourth-order valence-electron chi connectivity index (χ4n) is 4.18. The highest BCUT2D eigenvalue weighted by atomic mass is 16.6. The molecule has 1 aromatic heterocycles. The molecule has 1 atom stereocenters. The minimum absolute atomic E-state index is 0.00295. The van der Waals surface area contributed by atoms with Gasteiger partial charge in [-0.25, -0.2) is 9.59 Å². The Balaban J connectivity index is 1.72. The Labute approximate surface area is 228 Å². The van der Waals surface area contributed by atoms with E-state index in [1.165, 1.54) is 6.07 Å². The van der Waals surface area contributed by atoms with Crippen molar-refractivity contribution >= 4 is 34.6 Å². The van der Waals surface area contributed by atoms with Crippen LogP contribution >= 0.6 is 0 Å². The van der Waals surface area contributed by atoms with Gasteiger partial charge in [0.15, 0.2) is 5.60 Å². The number of nitrogens with zero attached hydrogens (tertiary/aromatic N) is 1. The van der Waals surface area contributed by atoms with Crippen LogP contribution in [-0.4, -0.2) is 62.0 Å². The van der Waals surface area contributed by atoms with Crippen LogP contribution in [0.25, 0.3) is 17.0 Å². The highest BCUT2D eigenvalue weighted by Crippen LogP contribution is 2.23. The third-order valence-electron chi connectivity index (χ3n) is 6.29. The van der Waals surface area contributed by atoms with Crippen LogP contribution in [0.1, 0.15) is 43.1 Å². The number of fused-ring (bicyclic) bond motifs is 1. The van der Waals surface area contributed by atoms with Crippen molar-refractivity contribution in [1.82, 2.24) is 5.32 Å². The molecule has 0 aliphatic carbocycles. The first kappa shape index (κ1) is 29.6. The lowest BCUT2D eigenvalue weighted by Crippen LogP contribution is -2.44. The Morgan fingerprint density at radius 3 is 2.49 bits per heavy atom. The SMILES string of the molecule is CCOC(=O)C(/C=C/c1ccccc1)(CCO)OCCNC(=O)c1cc2ccc(N(CC)CC)cc2oc1=O. The molecule has 3 rings (SSSR count). The molecule has 1 amide bonds. The van der Waals surface area contributed by atoms with E-state index in [4.69, 9.17) is 13.9 Å². The standard InChI is InChI=1S/C30H36N2O7/c1-4-32(5-2)24-13-12-23-20-25(28(35)39-26(23)21-24)27(34)31-17-19-38-30(16-18-33,29(36)37-6-3)15-14-22-10-8-7-9-11-22/h7-15,20-21,33H,4-6,16-19H2,1-3H3,(H,31,34)/b15-14+. The smallest absolute Gasteiger partial charge is 0.349 e. The minimum atomic E-state index is -1.55. The molecule has 9 nitrogen and oxygen atoms in total. The zero-order valence-electron chi connectivity index (χ0n) is 22.6.